The van der Waals surface area contributed by atoms with Gasteiger partial charge in [0.05, 0.1) is 26.0 Å². The summed E-state index contributed by atoms with van der Waals surface area (Å²) < 4.78 is 9.94. The van der Waals surface area contributed by atoms with E-state index in [0.29, 0.717) is 18.9 Å². The molecule has 7 heteroatoms. The molecule has 1 saturated heterocycles. The van der Waals surface area contributed by atoms with E-state index in [1.807, 2.05) is 11.4 Å². The van der Waals surface area contributed by atoms with Crippen LogP contribution in [0.25, 0.3) is 0 Å². The Morgan fingerprint density at radius 1 is 1.60 bits per heavy atom. The van der Waals surface area contributed by atoms with Crippen LogP contribution in [0.15, 0.2) is 17.5 Å². The number of thioether (sulfide) groups is 1. The average molecular weight is 315 g/mol. The van der Waals surface area contributed by atoms with E-state index in [2.05, 4.69) is 10.8 Å². The van der Waals surface area contributed by atoms with Crippen molar-refractivity contribution in [2.45, 2.75) is 11.9 Å². The molecule has 1 aromatic rings. The number of morpholine rings is 1. The van der Waals surface area contributed by atoms with Gasteiger partial charge in [0.1, 0.15) is 0 Å². The Morgan fingerprint density at radius 2 is 2.45 bits per heavy atom. The van der Waals surface area contributed by atoms with Gasteiger partial charge in [0, 0.05) is 17.2 Å². The van der Waals surface area contributed by atoms with Crippen molar-refractivity contribution in [3.63, 3.8) is 0 Å². The molecule has 0 aliphatic carbocycles. The lowest BCUT2D eigenvalue weighted by Gasteiger charge is -2.31. The Kier molecular flexibility index (Phi) is 5.87. The van der Waals surface area contributed by atoms with E-state index in [4.69, 9.17) is 4.74 Å². The Labute approximate surface area is 126 Å². The van der Waals surface area contributed by atoms with Crippen molar-refractivity contribution in [2.75, 3.05) is 32.6 Å². The molecule has 0 radical (unpaired) electrons. The Balaban J connectivity index is 1.75. The molecule has 2 heterocycles. The third kappa shape index (κ3) is 4.22. The summed E-state index contributed by atoms with van der Waals surface area (Å²) in [6, 6.07) is 4.06. The zero-order valence-electron chi connectivity index (χ0n) is 11.2. The number of hydrogen-bond acceptors (Lipinski definition) is 6. The normalized spacial score (nSPS) is 18.9. The maximum absolute atomic E-state index is 12.1. The van der Waals surface area contributed by atoms with Crippen LogP contribution in [0, 0.1) is 0 Å². The zero-order valence-corrected chi connectivity index (χ0v) is 12.9. The first-order valence-corrected chi connectivity index (χ1v) is 8.31. The fourth-order valence-corrected chi connectivity index (χ4v) is 3.64. The molecule has 0 spiro atoms. The largest absolute Gasteiger partial charge is 0.467 e. The molecule has 1 amide bonds. The van der Waals surface area contributed by atoms with Crippen LogP contribution in [0.1, 0.15) is 4.88 Å². The molecule has 1 aromatic heterocycles. The van der Waals surface area contributed by atoms with Crippen molar-refractivity contribution >= 4 is 35.0 Å². The van der Waals surface area contributed by atoms with E-state index in [1.165, 1.54) is 12.0 Å². The average Bonchev–Trinajstić information content (AvgIpc) is 2.99. The minimum atomic E-state index is -0.653. The van der Waals surface area contributed by atoms with Gasteiger partial charge >= 0.3 is 5.97 Å². The molecule has 1 atom stereocenters. The van der Waals surface area contributed by atoms with Gasteiger partial charge in [-0.3, -0.25) is 4.79 Å². The topological polar surface area (TPSA) is 55.8 Å². The van der Waals surface area contributed by atoms with Crippen molar-refractivity contribution in [3.05, 3.63) is 22.4 Å². The van der Waals surface area contributed by atoms with Gasteiger partial charge in [-0.2, -0.15) is 0 Å². The number of esters is 1. The minimum Gasteiger partial charge on any atom is -0.467 e. The second-order valence-corrected chi connectivity index (χ2v) is 6.31. The highest BCUT2D eigenvalue weighted by Gasteiger charge is 2.29. The third-order valence-electron chi connectivity index (χ3n) is 2.93. The monoisotopic (exact) mass is 315 g/mol. The lowest BCUT2D eigenvalue weighted by Crippen LogP contribution is -2.49. The highest BCUT2D eigenvalue weighted by molar-refractivity contribution is 7.99. The number of carbonyl (C=O) groups is 2. The second-order valence-electron chi connectivity index (χ2n) is 4.29. The minimum absolute atomic E-state index is 0.0451. The van der Waals surface area contributed by atoms with E-state index in [1.54, 1.807) is 28.0 Å². The summed E-state index contributed by atoms with van der Waals surface area (Å²) in [5.74, 6) is 0.887. The van der Waals surface area contributed by atoms with Gasteiger partial charge in [0.15, 0.2) is 6.10 Å². The number of amides is 1. The molecule has 1 aliphatic heterocycles. The number of hydrogen-bond donors (Lipinski definition) is 0. The summed E-state index contributed by atoms with van der Waals surface area (Å²) in [4.78, 5) is 26.4. The molecule has 1 unspecified atom stereocenters. The molecule has 20 heavy (non-hydrogen) atoms. The molecule has 0 aromatic carbocycles. The Morgan fingerprint density at radius 3 is 3.15 bits per heavy atom. The number of ether oxygens (including phenoxy) is 2. The Hall–Kier alpha value is -1.05. The van der Waals surface area contributed by atoms with Crippen LogP contribution in [0.5, 0.6) is 0 Å². The predicted molar refractivity (Wildman–Crippen MR) is 78.8 cm³/mol. The van der Waals surface area contributed by atoms with Crippen LogP contribution in [-0.4, -0.2) is 55.4 Å². The van der Waals surface area contributed by atoms with Gasteiger partial charge in [0.25, 0.3) is 0 Å². The molecule has 5 nitrogen and oxygen atoms in total. The van der Waals surface area contributed by atoms with Gasteiger partial charge < -0.3 is 14.4 Å². The molecule has 0 saturated carbocycles. The first kappa shape index (κ1) is 15.3. The van der Waals surface area contributed by atoms with Crippen LogP contribution in [-0.2, 0) is 24.8 Å². The summed E-state index contributed by atoms with van der Waals surface area (Å²) in [7, 11) is 1.32. The number of nitrogens with zero attached hydrogens (tertiary/aromatic N) is 1. The van der Waals surface area contributed by atoms with Crippen molar-refractivity contribution in [2.24, 2.45) is 0 Å². The van der Waals surface area contributed by atoms with E-state index in [0.717, 1.165) is 5.75 Å². The van der Waals surface area contributed by atoms with Crippen molar-refractivity contribution in [1.82, 2.24) is 4.90 Å². The molecule has 2 rings (SSSR count). The second kappa shape index (κ2) is 7.66. The number of carbonyl (C=O) groups excluding carboxylic acids is 2. The van der Waals surface area contributed by atoms with Gasteiger partial charge in [-0.1, -0.05) is 6.07 Å². The zero-order chi connectivity index (χ0) is 14.4. The van der Waals surface area contributed by atoms with E-state index < -0.39 is 12.1 Å². The summed E-state index contributed by atoms with van der Waals surface area (Å²) in [6.45, 7) is 1.19. The van der Waals surface area contributed by atoms with Gasteiger partial charge in [0.2, 0.25) is 5.91 Å². The van der Waals surface area contributed by atoms with Crippen LogP contribution in [0.4, 0.5) is 0 Å². The van der Waals surface area contributed by atoms with Crippen molar-refractivity contribution in [3.8, 4) is 0 Å². The smallest absolute Gasteiger partial charge is 0.336 e. The molecular weight excluding hydrogens is 298 g/mol. The van der Waals surface area contributed by atoms with Crippen LogP contribution in [0.3, 0.4) is 0 Å². The summed E-state index contributed by atoms with van der Waals surface area (Å²) in [6.07, 6.45) is -0.653. The maximum atomic E-state index is 12.1. The summed E-state index contributed by atoms with van der Waals surface area (Å²) >= 11 is 3.28. The van der Waals surface area contributed by atoms with E-state index in [9.17, 15) is 9.59 Å². The fraction of sp³-hybridized carbons (Fsp3) is 0.538. The number of thiophene rings is 1. The quantitative estimate of drug-likeness (QED) is 0.769. The summed E-state index contributed by atoms with van der Waals surface area (Å²) in [5.41, 5.74) is 0. The Bertz CT molecular complexity index is 449. The van der Waals surface area contributed by atoms with Gasteiger partial charge in [-0.05, 0) is 11.4 Å². The SMILES string of the molecule is COC(=O)C1CN(C(=O)CSCc2cccs2)CCO1. The van der Waals surface area contributed by atoms with E-state index in [-0.39, 0.29) is 12.5 Å². The molecule has 0 N–H and O–H groups in total. The highest BCUT2D eigenvalue weighted by Crippen LogP contribution is 2.18. The van der Waals surface area contributed by atoms with Crippen molar-refractivity contribution in [1.29, 1.82) is 0 Å². The molecule has 0 bridgehead atoms. The molecule has 1 aliphatic rings. The molecular formula is C13H17NO4S2. The van der Waals surface area contributed by atoms with Gasteiger partial charge in [-0.15, -0.1) is 23.1 Å². The van der Waals surface area contributed by atoms with Crippen molar-refractivity contribution < 1.29 is 19.1 Å². The van der Waals surface area contributed by atoms with Crippen LogP contribution >= 0.6 is 23.1 Å². The predicted octanol–water partition coefficient (Wildman–Crippen LogP) is 1.38. The first-order chi connectivity index (χ1) is 9.70. The number of methoxy groups -OCH3 is 1. The first-order valence-electron chi connectivity index (χ1n) is 6.28. The summed E-state index contributed by atoms with van der Waals surface area (Å²) in [5, 5.41) is 2.03. The molecule has 1 fully saturated rings. The van der Waals surface area contributed by atoms with Crippen LogP contribution < -0.4 is 0 Å². The lowest BCUT2D eigenvalue weighted by molar-refractivity contribution is -0.161. The maximum Gasteiger partial charge on any atom is 0.336 e. The molecule has 110 valence electrons. The van der Waals surface area contributed by atoms with Crippen LogP contribution in [0.2, 0.25) is 0 Å². The third-order valence-corrected chi connectivity index (χ3v) is 4.96. The number of rotatable bonds is 5. The standard InChI is InChI=1S/C13H17NO4S2/c1-17-13(16)11-7-14(4-5-18-11)12(15)9-19-8-10-3-2-6-20-10/h2-3,6,11H,4-5,7-9H2,1H3. The van der Waals surface area contributed by atoms with Gasteiger partial charge in [-0.25, -0.2) is 4.79 Å². The highest BCUT2D eigenvalue weighted by atomic mass is 32.2. The van der Waals surface area contributed by atoms with E-state index >= 15 is 0 Å². The lowest BCUT2D eigenvalue weighted by atomic mass is 10.2. The fourth-order valence-electron chi connectivity index (χ4n) is 1.87.